The Morgan fingerprint density at radius 2 is 1.23 bits per heavy atom. The van der Waals surface area contributed by atoms with E-state index in [1.165, 1.54) is 0 Å². The zero-order valence-electron chi connectivity index (χ0n) is 16.5. The zero-order chi connectivity index (χ0) is 21.2. The first-order valence-corrected chi connectivity index (χ1v) is 9.99. The SMILES string of the molecule is O=C(N/N=C/c1c[nH]c2ccccc12)[C@H]1C[C@H]1C(=O)N/N=C/c1c[nH]c2ccccc12. The van der Waals surface area contributed by atoms with E-state index in [4.69, 9.17) is 0 Å². The number of rotatable bonds is 6. The van der Waals surface area contributed by atoms with E-state index in [1.807, 2.05) is 60.9 Å². The summed E-state index contributed by atoms with van der Waals surface area (Å²) >= 11 is 0. The molecule has 1 fully saturated rings. The van der Waals surface area contributed by atoms with Crippen LogP contribution in [-0.4, -0.2) is 34.2 Å². The van der Waals surface area contributed by atoms with Gasteiger partial charge in [-0.3, -0.25) is 9.59 Å². The van der Waals surface area contributed by atoms with Crippen molar-refractivity contribution >= 4 is 46.0 Å². The van der Waals surface area contributed by atoms with Gasteiger partial charge in [0.05, 0.1) is 24.3 Å². The van der Waals surface area contributed by atoms with Crippen LogP contribution in [0.2, 0.25) is 0 Å². The highest BCUT2D eigenvalue weighted by Gasteiger charge is 2.48. The fourth-order valence-corrected chi connectivity index (χ4v) is 3.67. The molecule has 2 atom stereocenters. The third-order valence-corrected chi connectivity index (χ3v) is 5.46. The van der Waals surface area contributed by atoms with Gasteiger partial charge in [-0.25, -0.2) is 10.9 Å². The number of aromatic nitrogens is 2. The summed E-state index contributed by atoms with van der Waals surface area (Å²) in [5, 5.41) is 10.1. The van der Waals surface area contributed by atoms with Crippen LogP contribution < -0.4 is 10.9 Å². The Bertz CT molecular complexity index is 1230. The number of hydrogen-bond donors (Lipinski definition) is 4. The van der Waals surface area contributed by atoms with Crippen LogP contribution in [-0.2, 0) is 9.59 Å². The van der Waals surface area contributed by atoms with Crippen LogP contribution in [0.25, 0.3) is 21.8 Å². The molecule has 8 heteroatoms. The summed E-state index contributed by atoms with van der Waals surface area (Å²) in [5.41, 5.74) is 8.82. The number of carbonyl (C=O) groups is 2. The molecule has 2 aromatic carbocycles. The average Bonchev–Trinajstić information content (AvgIpc) is 3.35. The van der Waals surface area contributed by atoms with Crippen LogP contribution in [0.4, 0.5) is 0 Å². The normalized spacial score (nSPS) is 18.2. The highest BCUT2D eigenvalue weighted by Crippen LogP contribution is 2.38. The van der Waals surface area contributed by atoms with Crippen molar-refractivity contribution in [1.82, 2.24) is 20.8 Å². The van der Waals surface area contributed by atoms with E-state index in [9.17, 15) is 9.59 Å². The second kappa shape index (κ2) is 7.91. The zero-order valence-corrected chi connectivity index (χ0v) is 16.5. The molecule has 5 rings (SSSR count). The maximum absolute atomic E-state index is 12.3. The Hall–Kier alpha value is -4.20. The van der Waals surface area contributed by atoms with Crippen LogP contribution in [0.1, 0.15) is 17.5 Å². The first kappa shape index (κ1) is 18.8. The quantitative estimate of drug-likeness (QED) is 0.288. The average molecular weight is 412 g/mol. The van der Waals surface area contributed by atoms with Crippen molar-refractivity contribution in [1.29, 1.82) is 0 Å². The molecule has 2 heterocycles. The second-order valence-electron chi connectivity index (χ2n) is 7.50. The van der Waals surface area contributed by atoms with Crippen molar-refractivity contribution in [2.75, 3.05) is 0 Å². The minimum atomic E-state index is -0.386. The molecule has 2 aromatic heterocycles. The minimum absolute atomic E-state index is 0.267. The lowest BCUT2D eigenvalue weighted by molar-refractivity contribution is -0.127. The van der Waals surface area contributed by atoms with E-state index in [-0.39, 0.29) is 23.7 Å². The van der Waals surface area contributed by atoms with E-state index in [2.05, 4.69) is 31.0 Å². The van der Waals surface area contributed by atoms with Gasteiger partial charge in [-0.15, -0.1) is 0 Å². The fraction of sp³-hybridized carbons (Fsp3) is 0.130. The number of nitrogens with zero attached hydrogens (tertiary/aromatic N) is 2. The summed E-state index contributed by atoms with van der Waals surface area (Å²) in [7, 11) is 0. The Morgan fingerprint density at radius 1 is 0.774 bits per heavy atom. The topological polar surface area (TPSA) is 114 Å². The van der Waals surface area contributed by atoms with Gasteiger partial charge in [-0.2, -0.15) is 10.2 Å². The predicted octanol–water partition coefficient (Wildman–Crippen LogP) is 2.89. The molecule has 31 heavy (non-hydrogen) atoms. The van der Waals surface area contributed by atoms with Crippen LogP contribution in [0, 0.1) is 11.8 Å². The highest BCUT2D eigenvalue weighted by molar-refractivity contribution is 6.00. The predicted molar refractivity (Wildman–Crippen MR) is 120 cm³/mol. The number of benzene rings is 2. The lowest BCUT2D eigenvalue weighted by Crippen LogP contribution is -2.25. The molecular weight excluding hydrogens is 392 g/mol. The van der Waals surface area contributed by atoms with Gasteiger partial charge in [-0.1, -0.05) is 36.4 Å². The van der Waals surface area contributed by atoms with Gasteiger partial charge in [0.1, 0.15) is 0 Å². The van der Waals surface area contributed by atoms with Gasteiger partial charge >= 0.3 is 0 Å². The molecule has 1 aliphatic carbocycles. The van der Waals surface area contributed by atoms with Crippen LogP contribution in [0.15, 0.2) is 71.1 Å². The van der Waals surface area contributed by atoms with Crippen molar-refractivity contribution in [3.05, 3.63) is 72.1 Å². The first-order chi connectivity index (χ1) is 15.2. The van der Waals surface area contributed by atoms with E-state index >= 15 is 0 Å². The van der Waals surface area contributed by atoms with Crippen molar-refractivity contribution in [3.8, 4) is 0 Å². The lowest BCUT2D eigenvalue weighted by atomic mass is 10.2. The number of aromatic amines is 2. The molecule has 1 aliphatic rings. The largest absolute Gasteiger partial charge is 0.361 e. The van der Waals surface area contributed by atoms with Gasteiger partial charge < -0.3 is 9.97 Å². The summed E-state index contributed by atoms with van der Waals surface area (Å²) in [6.07, 6.45) is 7.35. The molecule has 0 radical (unpaired) electrons. The van der Waals surface area contributed by atoms with Crippen molar-refractivity contribution < 1.29 is 9.59 Å². The van der Waals surface area contributed by atoms with Crippen LogP contribution in [0.5, 0.6) is 0 Å². The molecule has 2 amide bonds. The summed E-state index contributed by atoms with van der Waals surface area (Å²) in [6.45, 7) is 0. The standard InChI is InChI=1S/C23H20N6O2/c30-22(28-26-12-14-10-24-20-7-3-1-5-16(14)20)18-9-19(18)23(31)29-27-13-15-11-25-21-8-4-2-6-17(15)21/h1-8,10-13,18-19,24-25H,9H2,(H,28,30)(H,29,31)/b26-12+,27-13+/t18-,19+. The van der Waals surface area contributed by atoms with Crippen molar-refractivity contribution in [2.24, 2.45) is 22.0 Å². The summed E-state index contributed by atoms with van der Waals surface area (Å²) in [4.78, 5) is 30.8. The Kier molecular flexibility index (Phi) is 4.80. The molecule has 0 unspecified atom stereocenters. The number of para-hydroxylation sites is 2. The highest BCUT2D eigenvalue weighted by atomic mass is 16.2. The third-order valence-electron chi connectivity index (χ3n) is 5.46. The number of amides is 2. The summed E-state index contributed by atoms with van der Waals surface area (Å²) in [6, 6.07) is 15.7. The number of fused-ring (bicyclic) bond motifs is 2. The number of H-pyrrole nitrogens is 2. The smallest absolute Gasteiger partial charge is 0.244 e. The van der Waals surface area contributed by atoms with E-state index in [1.54, 1.807) is 12.4 Å². The van der Waals surface area contributed by atoms with Crippen LogP contribution >= 0.6 is 0 Å². The van der Waals surface area contributed by atoms with Crippen molar-refractivity contribution in [3.63, 3.8) is 0 Å². The lowest BCUT2D eigenvalue weighted by Gasteiger charge is -1.99. The summed E-state index contributed by atoms with van der Waals surface area (Å²) < 4.78 is 0. The molecule has 1 saturated carbocycles. The molecule has 0 spiro atoms. The minimum Gasteiger partial charge on any atom is -0.361 e. The van der Waals surface area contributed by atoms with E-state index in [0.717, 1.165) is 32.9 Å². The molecule has 0 aliphatic heterocycles. The number of nitrogens with one attached hydrogen (secondary N) is 4. The molecule has 0 saturated heterocycles. The number of hydrogen-bond acceptors (Lipinski definition) is 4. The molecular formula is C23H20N6O2. The molecule has 154 valence electrons. The Balaban J connectivity index is 1.13. The Labute approximate surface area is 177 Å². The van der Waals surface area contributed by atoms with E-state index < -0.39 is 0 Å². The molecule has 8 nitrogen and oxygen atoms in total. The number of hydrazone groups is 2. The molecule has 4 N–H and O–H groups in total. The first-order valence-electron chi connectivity index (χ1n) is 9.99. The molecule has 4 aromatic rings. The van der Waals surface area contributed by atoms with Gasteiger partial charge in [-0.05, 0) is 18.6 Å². The fourth-order valence-electron chi connectivity index (χ4n) is 3.67. The maximum Gasteiger partial charge on any atom is 0.244 e. The van der Waals surface area contributed by atoms with Crippen LogP contribution in [0.3, 0.4) is 0 Å². The molecule has 0 bridgehead atoms. The summed E-state index contributed by atoms with van der Waals surface area (Å²) in [5.74, 6) is -1.31. The van der Waals surface area contributed by atoms with Crippen molar-refractivity contribution in [2.45, 2.75) is 6.42 Å². The van der Waals surface area contributed by atoms with Gasteiger partial charge in [0.15, 0.2) is 0 Å². The maximum atomic E-state index is 12.3. The van der Waals surface area contributed by atoms with Gasteiger partial charge in [0, 0.05) is 45.3 Å². The van der Waals surface area contributed by atoms with Gasteiger partial charge in [0.2, 0.25) is 11.8 Å². The monoisotopic (exact) mass is 412 g/mol. The Morgan fingerprint density at radius 3 is 1.71 bits per heavy atom. The third kappa shape index (κ3) is 3.83. The second-order valence-corrected chi connectivity index (χ2v) is 7.50. The van der Waals surface area contributed by atoms with Gasteiger partial charge in [0.25, 0.3) is 0 Å². The number of carbonyl (C=O) groups excluding carboxylic acids is 2. The van der Waals surface area contributed by atoms with E-state index in [0.29, 0.717) is 6.42 Å².